The Morgan fingerprint density at radius 2 is 1.40 bits per heavy atom. The summed E-state index contributed by atoms with van der Waals surface area (Å²) in [5, 5.41) is 0. The summed E-state index contributed by atoms with van der Waals surface area (Å²) >= 11 is 3.34. The van der Waals surface area contributed by atoms with Gasteiger partial charge in [0.15, 0.2) is 17.6 Å². The highest BCUT2D eigenvalue weighted by Gasteiger charge is 2.37. The van der Waals surface area contributed by atoms with Crippen LogP contribution in [0.3, 0.4) is 0 Å². The molecule has 0 radical (unpaired) electrons. The van der Waals surface area contributed by atoms with Gasteiger partial charge in [-0.2, -0.15) is 0 Å². The molecule has 0 bridgehead atoms. The summed E-state index contributed by atoms with van der Waals surface area (Å²) in [6.07, 6.45) is 0. The Morgan fingerprint density at radius 1 is 0.850 bits per heavy atom. The zero-order valence-corrected chi connectivity index (χ0v) is 12.0. The lowest BCUT2D eigenvalue weighted by atomic mass is 10.1. The number of benzene rings is 2. The number of anilines is 1. The molecule has 0 saturated carbocycles. The second kappa shape index (κ2) is 5.19. The fourth-order valence-electron chi connectivity index (χ4n) is 2.16. The van der Waals surface area contributed by atoms with Gasteiger partial charge in [0, 0.05) is 21.3 Å². The van der Waals surface area contributed by atoms with Crippen molar-refractivity contribution in [2.75, 3.05) is 5.43 Å². The number of halogens is 1. The minimum absolute atomic E-state index is 0.199. The van der Waals surface area contributed by atoms with Crippen LogP contribution in [0.1, 0.15) is 20.7 Å². The van der Waals surface area contributed by atoms with Gasteiger partial charge in [-0.05, 0) is 24.3 Å². The van der Waals surface area contributed by atoms with E-state index in [1.54, 1.807) is 24.3 Å². The van der Waals surface area contributed by atoms with Crippen molar-refractivity contribution in [1.82, 2.24) is 5.43 Å². The molecule has 2 N–H and O–H groups in total. The smallest absolute Gasteiger partial charge is 0.190 e. The molecule has 0 saturated heterocycles. The maximum atomic E-state index is 12.2. The number of nitrogens with one attached hydrogen (secondary N) is 2. The molecule has 100 valence electrons. The first-order valence-electron chi connectivity index (χ1n) is 6.11. The van der Waals surface area contributed by atoms with Crippen LogP contribution in [0.4, 0.5) is 5.69 Å². The number of Topliss-reactive ketones (excluding diaryl/α,β-unsaturated/α-hetero) is 2. The average molecular weight is 331 g/mol. The van der Waals surface area contributed by atoms with Crippen molar-refractivity contribution in [1.29, 1.82) is 0 Å². The van der Waals surface area contributed by atoms with Crippen LogP contribution in [0.25, 0.3) is 0 Å². The van der Waals surface area contributed by atoms with Crippen LogP contribution in [-0.2, 0) is 0 Å². The average Bonchev–Trinajstić information content (AvgIpc) is 2.71. The molecular formula is C15H11BrN2O2. The maximum absolute atomic E-state index is 12.2. The molecule has 5 heteroatoms. The van der Waals surface area contributed by atoms with Gasteiger partial charge in [-0.1, -0.05) is 40.2 Å². The van der Waals surface area contributed by atoms with Crippen LogP contribution in [0, 0.1) is 0 Å². The van der Waals surface area contributed by atoms with Crippen LogP contribution >= 0.6 is 15.9 Å². The van der Waals surface area contributed by atoms with Crippen molar-refractivity contribution in [2.24, 2.45) is 0 Å². The lowest BCUT2D eigenvalue weighted by Crippen LogP contribution is -2.42. The third-order valence-electron chi connectivity index (χ3n) is 3.19. The summed E-state index contributed by atoms with van der Waals surface area (Å²) in [5.41, 5.74) is 7.44. The van der Waals surface area contributed by atoms with Gasteiger partial charge >= 0.3 is 0 Å². The number of hydrogen-bond acceptors (Lipinski definition) is 4. The molecule has 3 rings (SSSR count). The molecule has 0 aliphatic heterocycles. The first-order chi connectivity index (χ1) is 9.66. The highest BCUT2D eigenvalue weighted by atomic mass is 79.9. The quantitative estimate of drug-likeness (QED) is 0.671. The standard InChI is InChI=1S/C15H11BrN2O2/c16-9-5-7-10(8-6-9)17-18-13-14(19)11-3-1-2-4-12(11)15(13)20/h1-8,13,17-18H. The summed E-state index contributed by atoms with van der Waals surface area (Å²) in [4.78, 5) is 24.3. The third-order valence-corrected chi connectivity index (χ3v) is 3.72. The highest BCUT2D eigenvalue weighted by Crippen LogP contribution is 2.22. The Labute approximate surface area is 124 Å². The number of fused-ring (bicyclic) bond motifs is 1. The lowest BCUT2D eigenvalue weighted by Gasteiger charge is -2.12. The van der Waals surface area contributed by atoms with Crippen molar-refractivity contribution in [3.05, 3.63) is 64.1 Å². The molecular weight excluding hydrogens is 320 g/mol. The summed E-state index contributed by atoms with van der Waals surface area (Å²) in [6.45, 7) is 0. The van der Waals surface area contributed by atoms with E-state index in [2.05, 4.69) is 26.8 Å². The van der Waals surface area contributed by atoms with Gasteiger partial charge in [0.1, 0.15) is 0 Å². The van der Waals surface area contributed by atoms with E-state index in [1.165, 1.54) is 0 Å². The van der Waals surface area contributed by atoms with E-state index in [0.717, 1.165) is 10.2 Å². The van der Waals surface area contributed by atoms with Gasteiger partial charge < -0.3 is 5.43 Å². The molecule has 1 aliphatic rings. The van der Waals surface area contributed by atoms with Crippen LogP contribution in [0.5, 0.6) is 0 Å². The summed E-state index contributed by atoms with van der Waals surface area (Å²) in [6, 6.07) is 13.4. The predicted octanol–water partition coefficient (Wildman–Crippen LogP) is 2.81. The minimum atomic E-state index is -0.865. The van der Waals surface area contributed by atoms with Gasteiger partial charge in [0.2, 0.25) is 0 Å². The number of carbonyl (C=O) groups is 2. The molecule has 2 aromatic rings. The number of hydrazine groups is 1. The Kier molecular flexibility index (Phi) is 3.38. The van der Waals surface area contributed by atoms with Crippen molar-refractivity contribution >= 4 is 33.2 Å². The largest absolute Gasteiger partial charge is 0.320 e. The topological polar surface area (TPSA) is 58.2 Å². The van der Waals surface area contributed by atoms with Crippen LogP contribution in [0.15, 0.2) is 53.0 Å². The predicted molar refractivity (Wildman–Crippen MR) is 79.8 cm³/mol. The first kappa shape index (κ1) is 13.0. The normalized spacial score (nSPS) is 14.4. The molecule has 20 heavy (non-hydrogen) atoms. The molecule has 2 aromatic carbocycles. The van der Waals surface area contributed by atoms with Crippen molar-refractivity contribution < 1.29 is 9.59 Å². The molecule has 0 heterocycles. The Morgan fingerprint density at radius 3 is 1.95 bits per heavy atom. The van der Waals surface area contributed by atoms with Gasteiger partial charge in [-0.15, -0.1) is 0 Å². The number of hydrogen-bond donors (Lipinski definition) is 2. The van der Waals surface area contributed by atoms with Crippen LogP contribution < -0.4 is 10.9 Å². The first-order valence-corrected chi connectivity index (χ1v) is 6.90. The molecule has 0 aromatic heterocycles. The van der Waals surface area contributed by atoms with Gasteiger partial charge in [-0.3, -0.25) is 9.59 Å². The zero-order valence-electron chi connectivity index (χ0n) is 10.4. The molecule has 0 fully saturated rings. The Hall–Kier alpha value is -1.98. The minimum Gasteiger partial charge on any atom is -0.320 e. The van der Waals surface area contributed by atoms with Crippen molar-refractivity contribution in [3.63, 3.8) is 0 Å². The van der Waals surface area contributed by atoms with Crippen LogP contribution in [0.2, 0.25) is 0 Å². The Bertz CT molecular complexity index is 648. The van der Waals surface area contributed by atoms with E-state index >= 15 is 0 Å². The van der Waals surface area contributed by atoms with Crippen molar-refractivity contribution in [2.45, 2.75) is 6.04 Å². The molecule has 4 nitrogen and oxygen atoms in total. The fourth-order valence-corrected chi connectivity index (χ4v) is 2.43. The van der Waals surface area contributed by atoms with E-state index in [9.17, 15) is 9.59 Å². The van der Waals surface area contributed by atoms with Crippen molar-refractivity contribution in [3.8, 4) is 0 Å². The summed E-state index contributed by atoms with van der Waals surface area (Å²) < 4.78 is 0.962. The van der Waals surface area contributed by atoms with E-state index in [4.69, 9.17) is 0 Å². The second-order valence-electron chi connectivity index (χ2n) is 4.48. The summed E-state index contributed by atoms with van der Waals surface area (Å²) in [7, 11) is 0. The van der Waals surface area contributed by atoms with E-state index in [1.807, 2.05) is 24.3 Å². The number of rotatable bonds is 3. The molecule has 1 aliphatic carbocycles. The number of ketones is 2. The second-order valence-corrected chi connectivity index (χ2v) is 5.40. The summed E-state index contributed by atoms with van der Waals surface area (Å²) in [5.74, 6) is -0.398. The van der Waals surface area contributed by atoms with E-state index < -0.39 is 6.04 Å². The molecule has 0 unspecified atom stereocenters. The third kappa shape index (κ3) is 2.26. The van der Waals surface area contributed by atoms with Gasteiger partial charge in [0.05, 0.1) is 0 Å². The molecule has 0 atom stereocenters. The SMILES string of the molecule is O=C1c2ccccc2C(=O)C1NNc1ccc(Br)cc1. The Balaban J connectivity index is 1.75. The number of carbonyl (C=O) groups excluding carboxylic acids is 2. The van der Waals surface area contributed by atoms with Gasteiger partial charge in [-0.25, -0.2) is 5.43 Å². The molecule has 0 amide bonds. The monoisotopic (exact) mass is 330 g/mol. The van der Waals surface area contributed by atoms with Crippen LogP contribution in [-0.4, -0.2) is 17.6 Å². The lowest BCUT2D eigenvalue weighted by molar-refractivity contribution is 0.0874. The maximum Gasteiger partial charge on any atom is 0.190 e. The zero-order chi connectivity index (χ0) is 14.1. The van der Waals surface area contributed by atoms with Gasteiger partial charge in [0.25, 0.3) is 0 Å². The highest BCUT2D eigenvalue weighted by molar-refractivity contribution is 9.10. The molecule has 0 spiro atoms. The fraction of sp³-hybridized carbons (Fsp3) is 0.0667. The van der Waals surface area contributed by atoms with E-state index in [-0.39, 0.29) is 11.6 Å². The van der Waals surface area contributed by atoms with E-state index in [0.29, 0.717) is 11.1 Å².